The average molecular weight is 421 g/mol. The first-order valence-corrected chi connectivity index (χ1v) is 10.5. The van der Waals surface area contributed by atoms with E-state index in [0.717, 1.165) is 33.0 Å². The molecule has 0 saturated carbocycles. The number of amides is 4. The summed E-state index contributed by atoms with van der Waals surface area (Å²) in [7, 11) is 2.86. The molecule has 0 aliphatic carbocycles. The van der Waals surface area contributed by atoms with Crippen molar-refractivity contribution in [3.63, 3.8) is 0 Å². The zero-order chi connectivity index (χ0) is 21.9. The van der Waals surface area contributed by atoms with E-state index in [4.69, 9.17) is 0 Å². The highest BCUT2D eigenvalue weighted by molar-refractivity contribution is 6.20. The third-order valence-corrected chi connectivity index (χ3v) is 7.21. The molecule has 2 saturated heterocycles. The molecule has 2 aromatic carbocycles. The van der Waals surface area contributed by atoms with Gasteiger partial charge in [0.25, 0.3) is 0 Å². The Hall–Kier alpha value is -3.22. The van der Waals surface area contributed by atoms with Crippen molar-refractivity contribution in [2.75, 3.05) is 25.5 Å². The number of halogens is 1. The number of rotatable bonds is 1. The quantitative estimate of drug-likeness (QED) is 0.664. The van der Waals surface area contributed by atoms with Gasteiger partial charge in [0.1, 0.15) is 5.82 Å². The minimum absolute atomic E-state index is 0.158. The van der Waals surface area contributed by atoms with E-state index in [0.29, 0.717) is 13.0 Å². The Morgan fingerprint density at radius 3 is 2.32 bits per heavy atom. The zero-order valence-corrected chi connectivity index (χ0v) is 17.5. The van der Waals surface area contributed by atoms with E-state index < -0.39 is 29.3 Å². The SMILES string of the molecule is CN1C(=O)N(C)C(=O)C2(Cc3ccc(F)cc3N3CCC(c4ccccc4)CC32)C1=O. The molecule has 2 atom stereocenters. The van der Waals surface area contributed by atoms with Gasteiger partial charge in [-0.2, -0.15) is 0 Å². The summed E-state index contributed by atoms with van der Waals surface area (Å²) in [4.78, 5) is 43.8. The number of hydrogen-bond donors (Lipinski definition) is 0. The summed E-state index contributed by atoms with van der Waals surface area (Å²) in [6, 6.07) is 13.5. The lowest BCUT2D eigenvalue weighted by atomic mass is 9.64. The van der Waals surface area contributed by atoms with Gasteiger partial charge in [-0.25, -0.2) is 9.18 Å². The molecule has 7 heteroatoms. The van der Waals surface area contributed by atoms with Crippen molar-refractivity contribution in [2.45, 2.75) is 31.2 Å². The summed E-state index contributed by atoms with van der Waals surface area (Å²) in [6.45, 7) is 0.602. The van der Waals surface area contributed by atoms with Crippen molar-refractivity contribution >= 4 is 23.5 Å². The van der Waals surface area contributed by atoms with Crippen LogP contribution in [0.2, 0.25) is 0 Å². The predicted octanol–water partition coefficient (Wildman–Crippen LogP) is 3.17. The van der Waals surface area contributed by atoms with Crippen LogP contribution in [0.15, 0.2) is 48.5 Å². The van der Waals surface area contributed by atoms with Gasteiger partial charge in [0.15, 0.2) is 5.41 Å². The summed E-state index contributed by atoms with van der Waals surface area (Å²) in [5.74, 6) is -1.12. The summed E-state index contributed by atoms with van der Waals surface area (Å²) in [5.41, 5.74) is 1.25. The van der Waals surface area contributed by atoms with E-state index in [2.05, 4.69) is 12.1 Å². The zero-order valence-electron chi connectivity index (χ0n) is 17.5. The minimum Gasteiger partial charge on any atom is -0.367 e. The van der Waals surface area contributed by atoms with E-state index in [9.17, 15) is 18.8 Å². The molecule has 5 rings (SSSR count). The first-order valence-electron chi connectivity index (χ1n) is 10.5. The molecule has 160 valence electrons. The van der Waals surface area contributed by atoms with Crippen LogP contribution in [-0.2, 0) is 16.0 Å². The van der Waals surface area contributed by atoms with Gasteiger partial charge in [-0.05, 0) is 48.4 Å². The molecule has 31 heavy (non-hydrogen) atoms. The maximum atomic E-state index is 14.1. The van der Waals surface area contributed by atoms with Crippen LogP contribution >= 0.6 is 0 Å². The standard InChI is InChI=1S/C24H24FN3O3/c1-26-21(29)24(22(30)27(2)23(26)31)14-17-8-9-18(25)13-19(17)28-11-10-16(12-20(24)28)15-6-4-3-5-7-15/h3-9,13,16,20H,10-12,14H2,1-2H3. The summed E-state index contributed by atoms with van der Waals surface area (Å²) in [5, 5.41) is 0. The van der Waals surface area contributed by atoms with Crippen LogP contribution in [0.4, 0.5) is 14.9 Å². The van der Waals surface area contributed by atoms with Gasteiger partial charge < -0.3 is 4.90 Å². The second-order valence-electron chi connectivity index (χ2n) is 8.77. The number of urea groups is 1. The van der Waals surface area contributed by atoms with E-state index >= 15 is 0 Å². The molecule has 0 bridgehead atoms. The lowest BCUT2D eigenvalue weighted by Gasteiger charge is -2.55. The number of barbiturate groups is 1. The number of carbonyl (C=O) groups is 3. The molecule has 2 unspecified atom stereocenters. The van der Waals surface area contributed by atoms with Gasteiger partial charge >= 0.3 is 6.03 Å². The van der Waals surface area contributed by atoms with Crippen molar-refractivity contribution < 1.29 is 18.8 Å². The lowest BCUT2D eigenvalue weighted by Crippen LogP contribution is -2.72. The van der Waals surface area contributed by atoms with Crippen LogP contribution in [0.25, 0.3) is 0 Å². The molecule has 0 N–H and O–H groups in total. The Balaban J connectivity index is 1.66. The topological polar surface area (TPSA) is 60.9 Å². The fourth-order valence-corrected chi connectivity index (χ4v) is 5.65. The van der Waals surface area contributed by atoms with Gasteiger partial charge in [0.2, 0.25) is 11.8 Å². The molecular weight excluding hydrogens is 397 g/mol. The minimum atomic E-state index is -1.41. The largest absolute Gasteiger partial charge is 0.367 e. The average Bonchev–Trinajstić information content (AvgIpc) is 2.80. The van der Waals surface area contributed by atoms with Gasteiger partial charge in [0, 0.05) is 26.3 Å². The maximum Gasteiger partial charge on any atom is 0.332 e. The highest BCUT2D eigenvalue weighted by Crippen LogP contribution is 2.50. The van der Waals surface area contributed by atoms with Crippen LogP contribution in [0.1, 0.15) is 29.9 Å². The van der Waals surface area contributed by atoms with Crippen LogP contribution in [0.3, 0.4) is 0 Å². The van der Waals surface area contributed by atoms with Gasteiger partial charge in [-0.15, -0.1) is 0 Å². The molecule has 2 fully saturated rings. The van der Waals surface area contributed by atoms with Gasteiger partial charge in [0.05, 0.1) is 6.04 Å². The normalized spacial score (nSPS) is 25.0. The first kappa shape index (κ1) is 19.7. The Morgan fingerprint density at radius 1 is 0.968 bits per heavy atom. The van der Waals surface area contributed by atoms with Crippen molar-refractivity contribution in [3.05, 3.63) is 65.5 Å². The molecule has 0 radical (unpaired) electrons. The number of hydrogen-bond acceptors (Lipinski definition) is 4. The molecule has 3 aliphatic heterocycles. The number of fused-ring (bicyclic) bond motifs is 4. The van der Waals surface area contributed by atoms with Crippen LogP contribution in [-0.4, -0.2) is 54.3 Å². The second-order valence-corrected chi connectivity index (χ2v) is 8.77. The van der Waals surface area contributed by atoms with Crippen LogP contribution in [0.5, 0.6) is 0 Å². The van der Waals surface area contributed by atoms with Crippen molar-refractivity contribution in [3.8, 4) is 0 Å². The van der Waals surface area contributed by atoms with Crippen molar-refractivity contribution in [2.24, 2.45) is 5.41 Å². The van der Waals surface area contributed by atoms with E-state index in [-0.39, 0.29) is 18.2 Å². The van der Waals surface area contributed by atoms with Crippen LogP contribution < -0.4 is 4.90 Å². The number of piperidine rings is 1. The first-order chi connectivity index (χ1) is 14.8. The third kappa shape index (κ3) is 2.72. The lowest BCUT2D eigenvalue weighted by molar-refractivity contribution is -0.159. The molecule has 3 heterocycles. The molecular formula is C24H24FN3O3. The number of anilines is 1. The summed E-state index contributed by atoms with van der Waals surface area (Å²) < 4.78 is 14.1. The smallest absolute Gasteiger partial charge is 0.332 e. The predicted molar refractivity (Wildman–Crippen MR) is 113 cm³/mol. The Kier molecular flexibility index (Phi) is 4.39. The highest BCUT2D eigenvalue weighted by atomic mass is 19.1. The van der Waals surface area contributed by atoms with E-state index in [1.54, 1.807) is 6.07 Å². The number of benzene rings is 2. The fourth-order valence-electron chi connectivity index (χ4n) is 5.65. The molecule has 0 aromatic heterocycles. The second kappa shape index (κ2) is 6.90. The van der Waals surface area contributed by atoms with E-state index in [1.165, 1.54) is 26.2 Å². The van der Waals surface area contributed by atoms with Crippen molar-refractivity contribution in [1.29, 1.82) is 0 Å². The summed E-state index contributed by atoms with van der Waals surface area (Å²) in [6.07, 6.45) is 1.57. The molecule has 4 amide bonds. The number of nitrogens with zero attached hydrogens (tertiary/aromatic N) is 3. The van der Waals surface area contributed by atoms with Gasteiger partial charge in [-0.3, -0.25) is 19.4 Å². The Labute approximate surface area is 180 Å². The van der Waals surface area contributed by atoms with Crippen molar-refractivity contribution in [1.82, 2.24) is 9.80 Å². The molecule has 2 aromatic rings. The summed E-state index contributed by atoms with van der Waals surface area (Å²) >= 11 is 0. The number of imide groups is 2. The van der Waals surface area contributed by atoms with E-state index in [1.807, 2.05) is 23.1 Å². The Bertz CT molecular complexity index is 1060. The monoisotopic (exact) mass is 421 g/mol. The Morgan fingerprint density at radius 2 is 1.65 bits per heavy atom. The molecule has 1 spiro atoms. The third-order valence-electron chi connectivity index (χ3n) is 7.21. The highest BCUT2D eigenvalue weighted by Gasteiger charge is 2.63. The fraction of sp³-hybridized carbons (Fsp3) is 0.375. The number of carbonyl (C=O) groups excluding carboxylic acids is 3. The molecule has 3 aliphatic rings. The maximum absolute atomic E-state index is 14.1. The van der Waals surface area contributed by atoms with Crippen LogP contribution in [0, 0.1) is 11.2 Å². The molecule has 6 nitrogen and oxygen atoms in total. The van der Waals surface area contributed by atoms with Gasteiger partial charge in [-0.1, -0.05) is 36.4 Å².